The van der Waals surface area contributed by atoms with Crippen LogP contribution in [0, 0.1) is 5.92 Å². The van der Waals surface area contributed by atoms with Crippen molar-refractivity contribution in [1.29, 1.82) is 0 Å². The second-order valence-corrected chi connectivity index (χ2v) is 10.8. The first-order chi connectivity index (χ1) is 16.4. The molecule has 1 aliphatic rings. The van der Waals surface area contributed by atoms with E-state index in [0.717, 1.165) is 0 Å². The summed E-state index contributed by atoms with van der Waals surface area (Å²) in [6.07, 6.45) is 2.47. The Balaban J connectivity index is 2.04. The minimum absolute atomic E-state index is 0.0000890. The van der Waals surface area contributed by atoms with E-state index in [4.69, 9.17) is 9.47 Å². The molecule has 11 nitrogen and oxygen atoms in total. The van der Waals surface area contributed by atoms with E-state index < -0.39 is 22.2 Å². The number of rotatable bonds is 4. The van der Waals surface area contributed by atoms with E-state index in [1.54, 1.807) is 43.8 Å². The van der Waals surface area contributed by atoms with Gasteiger partial charge in [0.15, 0.2) is 5.03 Å². The maximum Gasteiger partial charge on any atom is 0.262 e. The summed E-state index contributed by atoms with van der Waals surface area (Å²) >= 11 is 0. The molecule has 1 aliphatic heterocycles. The van der Waals surface area contributed by atoms with E-state index >= 15 is 0 Å². The van der Waals surface area contributed by atoms with Gasteiger partial charge in [-0.05, 0) is 31.0 Å². The molecule has 0 fully saturated rings. The third-order valence-electron chi connectivity index (χ3n) is 5.96. The predicted molar refractivity (Wildman–Crippen MR) is 130 cm³/mol. The molecule has 1 N–H and O–H groups in total. The number of likely N-dealkylation sites (N-methyl/N-ethyl adjacent to an activating group) is 1. The predicted octanol–water partition coefficient (Wildman–Crippen LogP) is 1.57. The van der Waals surface area contributed by atoms with Crippen LogP contribution in [0.3, 0.4) is 0 Å². The topological polar surface area (TPSA) is 123 Å². The average molecular weight is 508 g/mol. The fourth-order valence-electron chi connectivity index (χ4n) is 4.00. The molecule has 0 unspecified atom stereocenters. The molecule has 1 aromatic heterocycles. The van der Waals surface area contributed by atoms with Gasteiger partial charge in [0.25, 0.3) is 15.9 Å². The number of nitrogens with one attached hydrogen (secondary N) is 1. The van der Waals surface area contributed by atoms with Gasteiger partial charge < -0.3 is 24.3 Å². The first-order valence-electron chi connectivity index (χ1n) is 11.3. The molecule has 2 aromatic rings. The number of hydrogen-bond donors (Lipinski definition) is 1. The van der Waals surface area contributed by atoms with Gasteiger partial charge in [-0.2, -0.15) is 4.31 Å². The summed E-state index contributed by atoms with van der Waals surface area (Å²) in [7, 11) is 0.964. The van der Waals surface area contributed by atoms with Crippen molar-refractivity contribution in [2.24, 2.45) is 13.0 Å². The summed E-state index contributed by atoms with van der Waals surface area (Å²) in [6.45, 7) is 5.40. The Morgan fingerprint density at radius 1 is 1.23 bits per heavy atom. The smallest absolute Gasteiger partial charge is 0.262 e. The Labute approximate surface area is 206 Å². The number of imidazole rings is 1. The minimum atomic E-state index is -3.93. The normalized spacial score (nSPS) is 22.5. The lowest BCUT2D eigenvalue weighted by atomic mass is 10.0. The maximum absolute atomic E-state index is 13.5. The van der Waals surface area contributed by atoms with Crippen LogP contribution in [0.4, 0.5) is 5.69 Å². The Kier molecular flexibility index (Phi) is 8.18. The number of hydrogen-bond acceptors (Lipinski definition) is 7. The van der Waals surface area contributed by atoms with Gasteiger partial charge in [0.05, 0.1) is 24.0 Å². The SMILES string of the molecule is CO[C@H]1CN(C)C(=O)c2cc(NC(C)=O)ccc2OC[C@@H](C)N(S(=O)(=O)c2cn(C)cn2)C[C@@H]1C. The molecule has 3 atom stereocenters. The lowest BCUT2D eigenvalue weighted by Crippen LogP contribution is -2.48. The van der Waals surface area contributed by atoms with E-state index in [-0.39, 0.29) is 48.0 Å². The van der Waals surface area contributed by atoms with Gasteiger partial charge in [-0.15, -0.1) is 0 Å². The molecule has 35 heavy (non-hydrogen) atoms. The highest BCUT2D eigenvalue weighted by Gasteiger charge is 2.35. The van der Waals surface area contributed by atoms with Gasteiger partial charge >= 0.3 is 0 Å². The molecule has 0 bridgehead atoms. The molecule has 0 saturated carbocycles. The second kappa shape index (κ2) is 10.8. The van der Waals surface area contributed by atoms with Crippen molar-refractivity contribution in [1.82, 2.24) is 18.8 Å². The summed E-state index contributed by atoms with van der Waals surface area (Å²) < 4.78 is 41.7. The molecular weight excluding hydrogens is 474 g/mol. The molecule has 3 rings (SSSR count). The van der Waals surface area contributed by atoms with Crippen LogP contribution in [0.15, 0.2) is 35.7 Å². The van der Waals surface area contributed by atoms with Crippen molar-refractivity contribution in [3.63, 3.8) is 0 Å². The Morgan fingerprint density at radius 2 is 1.94 bits per heavy atom. The third-order valence-corrected chi connectivity index (χ3v) is 7.83. The number of ether oxygens (including phenoxy) is 2. The Morgan fingerprint density at radius 3 is 2.54 bits per heavy atom. The van der Waals surface area contributed by atoms with Crippen molar-refractivity contribution >= 4 is 27.5 Å². The summed E-state index contributed by atoms with van der Waals surface area (Å²) in [6, 6.07) is 4.21. The molecule has 0 aliphatic carbocycles. The molecule has 0 radical (unpaired) electrons. The second-order valence-electron chi connectivity index (χ2n) is 8.94. The summed E-state index contributed by atoms with van der Waals surface area (Å²) in [5, 5.41) is 2.62. The summed E-state index contributed by atoms with van der Waals surface area (Å²) in [4.78, 5) is 30.4. The van der Waals surface area contributed by atoms with Gasteiger partial charge in [-0.25, -0.2) is 13.4 Å². The molecule has 2 amide bonds. The fraction of sp³-hybridized carbons (Fsp3) is 0.522. The number of aromatic nitrogens is 2. The molecule has 192 valence electrons. The van der Waals surface area contributed by atoms with Crippen LogP contribution in [0.1, 0.15) is 31.1 Å². The third kappa shape index (κ3) is 6.00. The number of benzene rings is 1. The van der Waals surface area contributed by atoms with Crippen molar-refractivity contribution < 1.29 is 27.5 Å². The monoisotopic (exact) mass is 507 g/mol. The van der Waals surface area contributed by atoms with Crippen LogP contribution in [0.2, 0.25) is 0 Å². The molecule has 0 spiro atoms. The standard InChI is InChI=1S/C23H33N5O6S/c1-15-10-28(35(31,32)22-12-26(4)14-24-22)16(2)13-34-20-8-7-18(25-17(3)29)9-19(20)23(30)27(5)11-21(15)33-6/h7-9,12,14-16,21H,10-11,13H2,1-6H3,(H,25,29)/t15-,16+,21-/m0/s1. The number of aryl methyl sites for hydroxylation is 1. The van der Waals surface area contributed by atoms with Gasteiger partial charge in [0.2, 0.25) is 5.91 Å². The van der Waals surface area contributed by atoms with Crippen molar-refractivity contribution in [2.45, 2.75) is 37.9 Å². The minimum Gasteiger partial charge on any atom is -0.491 e. The number of amides is 2. The largest absolute Gasteiger partial charge is 0.491 e. The number of carbonyl (C=O) groups excluding carboxylic acids is 2. The molecular formula is C23H33N5O6S. The Hall–Kier alpha value is -2.96. The van der Waals surface area contributed by atoms with Gasteiger partial charge in [-0.3, -0.25) is 9.59 Å². The summed E-state index contributed by atoms with van der Waals surface area (Å²) in [5.41, 5.74) is 0.714. The number of nitrogens with zero attached hydrogens (tertiary/aromatic N) is 4. The van der Waals surface area contributed by atoms with Gasteiger partial charge in [0, 0.05) is 53.1 Å². The number of methoxy groups -OCH3 is 1. The molecule has 0 saturated heterocycles. The van der Waals surface area contributed by atoms with Crippen LogP contribution >= 0.6 is 0 Å². The highest BCUT2D eigenvalue weighted by molar-refractivity contribution is 7.89. The zero-order valence-corrected chi connectivity index (χ0v) is 21.7. The highest BCUT2D eigenvalue weighted by atomic mass is 32.2. The Bertz CT molecular complexity index is 1180. The van der Waals surface area contributed by atoms with Crippen LogP contribution < -0.4 is 10.1 Å². The molecule has 2 heterocycles. The van der Waals surface area contributed by atoms with Crippen LogP contribution in [-0.4, -0.2) is 85.0 Å². The zero-order valence-electron chi connectivity index (χ0n) is 20.9. The number of carbonyl (C=O) groups is 2. The van der Waals surface area contributed by atoms with Gasteiger partial charge in [0.1, 0.15) is 12.4 Å². The van der Waals surface area contributed by atoms with E-state index in [1.807, 2.05) is 6.92 Å². The quantitative estimate of drug-likeness (QED) is 0.666. The number of anilines is 1. The van der Waals surface area contributed by atoms with E-state index in [1.165, 1.54) is 35.8 Å². The molecule has 12 heteroatoms. The number of sulfonamides is 1. The summed E-state index contributed by atoms with van der Waals surface area (Å²) in [5.74, 6) is -0.522. The number of fused-ring (bicyclic) bond motifs is 1. The van der Waals surface area contributed by atoms with E-state index in [2.05, 4.69) is 10.3 Å². The molecule has 1 aromatic carbocycles. The van der Waals surface area contributed by atoms with Gasteiger partial charge in [-0.1, -0.05) is 6.92 Å². The first kappa shape index (κ1) is 26.6. The average Bonchev–Trinajstić information content (AvgIpc) is 3.25. The van der Waals surface area contributed by atoms with Crippen LogP contribution in [-0.2, 0) is 26.6 Å². The first-order valence-corrected chi connectivity index (χ1v) is 12.7. The highest BCUT2D eigenvalue weighted by Crippen LogP contribution is 2.27. The van der Waals surface area contributed by atoms with Crippen molar-refractivity contribution in [3.05, 3.63) is 36.3 Å². The van der Waals surface area contributed by atoms with E-state index in [9.17, 15) is 18.0 Å². The zero-order chi connectivity index (χ0) is 25.9. The lowest BCUT2D eigenvalue weighted by molar-refractivity contribution is -0.114. The van der Waals surface area contributed by atoms with Crippen molar-refractivity contribution in [2.75, 3.05) is 39.2 Å². The van der Waals surface area contributed by atoms with Crippen molar-refractivity contribution in [3.8, 4) is 5.75 Å². The van der Waals surface area contributed by atoms with Crippen LogP contribution in [0.5, 0.6) is 5.75 Å². The fourth-order valence-corrected chi connectivity index (χ4v) is 5.69. The lowest BCUT2D eigenvalue weighted by Gasteiger charge is -2.35. The van der Waals surface area contributed by atoms with Crippen LogP contribution in [0.25, 0.3) is 0 Å². The maximum atomic E-state index is 13.5. The van der Waals surface area contributed by atoms with E-state index in [0.29, 0.717) is 11.4 Å².